The van der Waals surface area contributed by atoms with Gasteiger partial charge in [0.25, 0.3) is 5.16 Å². The second kappa shape index (κ2) is 11.2. The van der Waals surface area contributed by atoms with Crippen molar-refractivity contribution in [3.8, 4) is 5.69 Å². The van der Waals surface area contributed by atoms with Gasteiger partial charge in [0.1, 0.15) is 0 Å². The quantitative estimate of drug-likeness (QED) is 0.365. The Morgan fingerprint density at radius 3 is 2.11 bits per heavy atom. The molecule has 1 aromatic heterocycles. The molecule has 3 aromatic rings. The number of nitrogens with zero attached hydrogens (tertiary/aromatic N) is 4. The van der Waals surface area contributed by atoms with Crippen LogP contribution in [-0.2, 0) is 16.3 Å². The fourth-order valence-electron chi connectivity index (χ4n) is 6.48. The number of hydrogen-bond donors (Lipinski definition) is 0. The highest BCUT2D eigenvalue weighted by atomic mass is 32.2. The third kappa shape index (κ3) is 5.72. The summed E-state index contributed by atoms with van der Waals surface area (Å²) in [6.45, 7) is 2.23. The zero-order chi connectivity index (χ0) is 25.0. The fraction of sp³-hybridized carbons (Fsp3) is 0.552. The minimum Gasteiger partial charge on any atom is -0.220 e. The normalized spacial score (nSPS) is 25.0. The summed E-state index contributed by atoms with van der Waals surface area (Å²) in [6.07, 6.45) is 11.8. The molecule has 0 aliphatic heterocycles. The van der Waals surface area contributed by atoms with E-state index in [0.29, 0.717) is 11.6 Å². The Labute approximate surface area is 215 Å². The molecule has 5 rings (SSSR count). The van der Waals surface area contributed by atoms with E-state index in [1.807, 2.05) is 30.3 Å². The summed E-state index contributed by atoms with van der Waals surface area (Å²) in [5.74, 6) is 2.56. The molecule has 0 bridgehead atoms. The Morgan fingerprint density at radius 1 is 0.833 bits per heavy atom. The zero-order valence-electron chi connectivity index (χ0n) is 21.3. The molecule has 2 aliphatic rings. The number of aryl methyl sites for hydroxylation is 1. The molecule has 6 nitrogen and oxygen atoms in total. The van der Waals surface area contributed by atoms with Gasteiger partial charge in [-0.25, -0.2) is 8.42 Å². The number of para-hydroxylation sites is 1. The summed E-state index contributed by atoms with van der Waals surface area (Å²) in [6, 6.07) is 18.6. The molecule has 0 N–H and O–H groups in total. The van der Waals surface area contributed by atoms with Crippen LogP contribution in [0.3, 0.4) is 0 Å². The van der Waals surface area contributed by atoms with E-state index in [1.54, 1.807) is 0 Å². The van der Waals surface area contributed by atoms with Crippen LogP contribution in [0.5, 0.6) is 0 Å². The summed E-state index contributed by atoms with van der Waals surface area (Å²) in [4.78, 5) is 0. The van der Waals surface area contributed by atoms with Crippen LogP contribution in [0, 0.1) is 17.8 Å². The largest absolute Gasteiger partial charge is 0.272 e. The SMILES string of the molecule is CCCc1ccc(C2CCC(C3CCC(CS(=O)(=O)c4nnnn4-c4ccccc4)CC3)CC2)cc1. The second-order valence-corrected chi connectivity index (χ2v) is 12.8. The van der Waals surface area contributed by atoms with Crippen molar-refractivity contribution in [3.05, 3.63) is 65.7 Å². The molecule has 192 valence electrons. The van der Waals surface area contributed by atoms with Crippen molar-refractivity contribution in [3.63, 3.8) is 0 Å². The summed E-state index contributed by atoms with van der Waals surface area (Å²) in [5, 5.41) is 11.4. The maximum absolute atomic E-state index is 13.2. The van der Waals surface area contributed by atoms with Gasteiger partial charge in [-0.2, -0.15) is 4.68 Å². The van der Waals surface area contributed by atoms with E-state index in [9.17, 15) is 8.42 Å². The second-order valence-electron chi connectivity index (χ2n) is 10.9. The molecule has 0 atom stereocenters. The average molecular weight is 507 g/mol. The Kier molecular flexibility index (Phi) is 7.85. The van der Waals surface area contributed by atoms with Crippen LogP contribution in [0.2, 0.25) is 0 Å². The summed E-state index contributed by atoms with van der Waals surface area (Å²) in [7, 11) is -3.56. The maximum atomic E-state index is 13.2. The molecular weight excluding hydrogens is 468 g/mol. The average Bonchev–Trinajstić information content (AvgIpc) is 3.42. The van der Waals surface area contributed by atoms with Gasteiger partial charge in [0, 0.05) is 0 Å². The van der Waals surface area contributed by atoms with Crippen molar-refractivity contribution >= 4 is 9.84 Å². The first-order valence-electron chi connectivity index (χ1n) is 13.7. The molecular formula is C29H38N4O2S. The van der Waals surface area contributed by atoms with Crippen molar-refractivity contribution in [1.82, 2.24) is 20.2 Å². The first-order valence-corrected chi connectivity index (χ1v) is 15.3. The lowest BCUT2D eigenvalue weighted by molar-refractivity contribution is 0.165. The molecule has 0 radical (unpaired) electrons. The molecule has 7 heteroatoms. The van der Waals surface area contributed by atoms with E-state index in [4.69, 9.17) is 0 Å². The standard InChI is InChI=1S/C29H38N4O2S/c1-2-6-22-9-13-24(14-10-22)26-17-19-27(20-18-26)25-15-11-23(12-16-25)21-36(34,35)29-30-31-32-33(29)28-7-4-3-5-8-28/h3-5,7-10,13-14,23,25-27H,2,6,11-12,15-21H2,1H3. The zero-order valence-corrected chi connectivity index (χ0v) is 22.1. The smallest absolute Gasteiger partial charge is 0.220 e. The number of benzene rings is 2. The number of rotatable bonds is 8. The van der Waals surface area contributed by atoms with Crippen LogP contribution < -0.4 is 0 Å². The van der Waals surface area contributed by atoms with Crippen molar-refractivity contribution in [1.29, 1.82) is 0 Å². The number of sulfone groups is 1. The molecule has 1 heterocycles. The van der Waals surface area contributed by atoms with Crippen LogP contribution in [0.15, 0.2) is 59.8 Å². The Balaban J connectivity index is 1.12. The van der Waals surface area contributed by atoms with Gasteiger partial charge in [0.05, 0.1) is 11.4 Å². The molecule has 0 saturated heterocycles. The third-order valence-corrected chi connectivity index (χ3v) is 10.2. The monoisotopic (exact) mass is 506 g/mol. The topological polar surface area (TPSA) is 77.7 Å². The first kappa shape index (κ1) is 25.1. The predicted molar refractivity (Wildman–Crippen MR) is 142 cm³/mol. The van der Waals surface area contributed by atoms with E-state index in [2.05, 4.69) is 46.7 Å². The van der Waals surface area contributed by atoms with Gasteiger partial charge in [0.15, 0.2) is 0 Å². The lowest BCUT2D eigenvalue weighted by Gasteiger charge is -2.38. The molecule has 2 aliphatic carbocycles. The molecule has 2 fully saturated rings. The van der Waals surface area contributed by atoms with E-state index < -0.39 is 9.84 Å². The Hall–Kier alpha value is -2.54. The molecule has 36 heavy (non-hydrogen) atoms. The highest BCUT2D eigenvalue weighted by Gasteiger charge is 2.34. The Bertz CT molecular complexity index is 1210. The van der Waals surface area contributed by atoms with Gasteiger partial charge < -0.3 is 0 Å². The van der Waals surface area contributed by atoms with Gasteiger partial charge in [-0.3, -0.25) is 0 Å². The van der Waals surface area contributed by atoms with Gasteiger partial charge in [0.2, 0.25) is 9.84 Å². The van der Waals surface area contributed by atoms with Crippen LogP contribution in [0.1, 0.15) is 81.8 Å². The van der Waals surface area contributed by atoms with Crippen LogP contribution in [0.4, 0.5) is 0 Å². The molecule has 0 spiro atoms. The van der Waals surface area contributed by atoms with Crippen molar-refractivity contribution in [2.45, 2.75) is 82.2 Å². The summed E-state index contributed by atoms with van der Waals surface area (Å²) >= 11 is 0. The van der Waals surface area contributed by atoms with Gasteiger partial charge in [-0.15, -0.1) is 0 Å². The summed E-state index contributed by atoms with van der Waals surface area (Å²) < 4.78 is 27.8. The number of aromatic nitrogens is 4. The van der Waals surface area contributed by atoms with E-state index >= 15 is 0 Å². The first-order chi connectivity index (χ1) is 17.5. The minimum atomic E-state index is -3.56. The van der Waals surface area contributed by atoms with Gasteiger partial charge in [-0.1, -0.05) is 60.9 Å². The molecule has 0 amide bonds. The van der Waals surface area contributed by atoms with Crippen molar-refractivity contribution in [2.75, 3.05) is 5.75 Å². The molecule has 2 aromatic carbocycles. The maximum Gasteiger partial charge on any atom is 0.272 e. The van der Waals surface area contributed by atoms with Crippen LogP contribution in [0.25, 0.3) is 5.69 Å². The molecule has 2 saturated carbocycles. The van der Waals surface area contributed by atoms with Crippen LogP contribution >= 0.6 is 0 Å². The molecule has 0 unspecified atom stereocenters. The predicted octanol–water partition coefficient (Wildman–Crippen LogP) is 6.17. The summed E-state index contributed by atoms with van der Waals surface area (Å²) in [5.41, 5.74) is 3.63. The highest BCUT2D eigenvalue weighted by molar-refractivity contribution is 7.91. The lowest BCUT2D eigenvalue weighted by Crippen LogP contribution is -2.28. The van der Waals surface area contributed by atoms with E-state index in [1.165, 1.54) is 54.3 Å². The van der Waals surface area contributed by atoms with Crippen LogP contribution in [-0.4, -0.2) is 34.4 Å². The number of tetrazole rings is 1. The Morgan fingerprint density at radius 2 is 1.47 bits per heavy atom. The fourth-order valence-corrected chi connectivity index (χ4v) is 8.15. The lowest BCUT2D eigenvalue weighted by atomic mass is 9.68. The van der Waals surface area contributed by atoms with Gasteiger partial charge >= 0.3 is 0 Å². The van der Waals surface area contributed by atoms with E-state index in [-0.39, 0.29) is 16.8 Å². The van der Waals surface area contributed by atoms with Crippen molar-refractivity contribution < 1.29 is 8.42 Å². The van der Waals surface area contributed by atoms with E-state index in [0.717, 1.165) is 37.5 Å². The minimum absolute atomic E-state index is 0.0446. The van der Waals surface area contributed by atoms with Gasteiger partial charge in [-0.05, 0) is 115 Å². The number of hydrogen-bond acceptors (Lipinski definition) is 5. The third-order valence-electron chi connectivity index (χ3n) is 8.49. The highest BCUT2D eigenvalue weighted by Crippen LogP contribution is 2.44. The van der Waals surface area contributed by atoms with Crippen molar-refractivity contribution in [2.24, 2.45) is 17.8 Å².